The maximum atomic E-state index is 9.59. The molecule has 3 nitrogen and oxygen atoms in total. The fraction of sp³-hybridized carbons (Fsp3) is 0.0500. The fourth-order valence-electron chi connectivity index (χ4n) is 2.34. The van der Waals surface area contributed by atoms with Gasteiger partial charge in [-0.2, -0.15) is 5.26 Å². The molecule has 0 aliphatic rings. The Morgan fingerprint density at radius 1 is 1.12 bits per heavy atom. The first-order valence-corrected chi connectivity index (χ1v) is 8.60. The van der Waals surface area contributed by atoms with Gasteiger partial charge >= 0.3 is 0 Å². The maximum absolute atomic E-state index is 9.59. The van der Waals surface area contributed by atoms with Gasteiger partial charge in [-0.25, -0.2) is 0 Å². The summed E-state index contributed by atoms with van der Waals surface area (Å²) in [5.41, 5.74) is 8.58. The van der Waals surface area contributed by atoms with E-state index in [1.54, 1.807) is 49.4 Å². The van der Waals surface area contributed by atoms with Crippen LogP contribution in [0.25, 0.3) is 11.1 Å². The number of rotatable bonds is 4. The number of benzene rings is 2. The fourth-order valence-corrected chi connectivity index (χ4v) is 3.07. The molecule has 0 unspecified atom stereocenters. The van der Waals surface area contributed by atoms with Gasteiger partial charge < -0.3 is 10.8 Å². The number of nitrogens with zero attached hydrogens (tertiary/aromatic N) is 1. The molecular weight excluding hydrogens is 391 g/mol. The van der Waals surface area contributed by atoms with E-state index in [-0.39, 0.29) is 16.3 Å². The predicted molar refractivity (Wildman–Crippen MR) is 109 cm³/mol. The Bertz CT molecular complexity index is 964. The SMILES string of the molecule is C=C(/C=C(\C(C#N)=C(\C)N)c1c(Cl)ccc(Cl)c1Cl)c1ccc(O)cc1. The zero-order valence-corrected chi connectivity index (χ0v) is 16.1. The molecule has 0 amide bonds. The van der Waals surface area contributed by atoms with E-state index in [2.05, 4.69) is 12.6 Å². The van der Waals surface area contributed by atoms with Gasteiger partial charge in [-0.3, -0.25) is 0 Å². The Hall–Kier alpha value is -2.38. The summed E-state index contributed by atoms with van der Waals surface area (Å²) >= 11 is 18.8. The van der Waals surface area contributed by atoms with Crippen LogP contribution in [0.15, 0.2) is 60.3 Å². The molecule has 0 aromatic heterocycles. The number of hydrogen-bond acceptors (Lipinski definition) is 3. The summed E-state index contributed by atoms with van der Waals surface area (Å²) in [6.45, 7) is 5.64. The first kappa shape index (κ1) is 19.9. The molecule has 0 saturated heterocycles. The lowest BCUT2D eigenvalue weighted by Gasteiger charge is -2.14. The molecular formula is C20H15Cl3N2O. The highest BCUT2D eigenvalue weighted by Gasteiger charge is 2.19. The summed E-state index contributed by atoms with van der Waals surface area (Å²) in [5, 5.41) is 19.9. The summed E-state index contributed by atoms with van der Waals surface area (Å²) in [6.07, 6.45) is 1.67. The third-order valence-electron chi connectivity index (χ3n) is 3.65. The summed E-state index contributed by atoms with van der Waals surface area (Å²) in [6, 6.07) is 11.8. The highest BCUT2D eigenvalue weighted by Crippen LogP contribution is 2.40. The number of nitriles is 1. The van der Waals surface area contributed by atoms with Gasteiger partial charge in [-0.1, -0.05) is 53.5 Å². The van der Waals surface area contributed by atoms with Gasteiger partial charge in [0.1, 0.15) is 11.8 Å². The molecule has 132 valence electrons. The van der Waals surface area contributed by atoms with E-state index in [0.717, 1.165) is 5.56 Å². The molecule has 26 heavy (non-hydrogen) atoms. The normalized spacial score (nSPS) is 12.3. The minimum Gasteiger partial charge on any atom is -0.508 e. The van der Waals surface area contributed by atoms with E-state index < -0.39 is 0 Å². The van der Waals surface area contributed by atoms with Gasteiger partial charge in [-0.15, -0.1) is 0 Å². The molecule has 3 N–H and O–H groups in total. The summed E-state index contributed by atoms with van der Waals surface area (Å²) < 4.78 is 0. The first-order chi connectivity index (χ1) is 12.3. The summed E-state index contributed by atoms with van der Waals surface area (Å²) in [5.74, 6) is 0.141. The maximum Gasteiger partial charge on any atom is 0.115 e. The second-order valence-corrected chi connectivity index (χ2v) is 6.71. The monoisotopic (exact) mass is 404 g/mol. The standard InChI is InChI=1S/C20H15Cl3N2O/c1-11(13-3-5-14(26)6-4-13)9-15(16(10-24)12(2)25)19-17(21)7-8-18(22)20(19)23/h3-9,26H,1,25H2,2H3/b15-9+,16-12-. The average molecular weight is 406 g/mol. The summed E-state index contributed by atoms with van der Waals surface area (Å²) in [7, 11) is 0. The third kappa shape index (κ3) is 4.23. The zero-order valence-electron chi connectivity index (χ0n) is 13.9. The van der Waals surface area contributed by atoms with Crippen molar-refractivity contribution in [3.05, 3.63) is 86.5 Å². The Balaban J connectivity index is 2.73. The molecule has 0 heterocycles. The highest BCUT2D eigenvalue weighted by atomic mass is 35.5. The highest BCUT2D eigenvalue weighted by molar-refractivity contribution is 6.45. The van der Waals surface area contributed by atoms with Crippen molar-refractivity contribution in [2.24, 2.45) is 5.73 Å². The number of phenolic OH excluding ortho intramolecular Hbond substituents is 1. The van der Waals surface area contributed by atoms with Crippen molar-refractivity contribution in [1.82, 2.24) is 0 Å². The number of nitrogens with two attached hydrogens (primary N) is 1. The van der Waals surface area contributed by atoms with Gasteiger partial charge in [0.15, 0.2) is 0 Å². The van der Waals surface area contributed by atoms with Crippen LogP contribution < -0.4 is 5.73 Å². The molecule has 6 heteroatoms. The van der Waals surface area contributed by atoms with Crippen molar-refractivity contribution >= 4 is 45.9 Å². The van der Waals surface area contributed by atoms with Crippen LogP contribution in [-0.2, 0) is 0 Å². The largest absolute Gasteiger partial charge is 0.508 e. The van der Waals surface area contributed by atoms with E-state index in [1.165, 1.54) is 0 Å². The number of halogens is 3. The van der Waals surface area contributed by atoms with Gasteiger partial charge in [0.25, 0.3) is 0 Å². The molecule has 0 radical (unpaired) electrons. The lowest BCUT2D eigenvalue weighted by molar-refractivity contribution is 0.475. The first-order valence-electron chi connectivity index (χ1n) is 7.47. The number of allylic oxidation sites excluding steroid dienone is 5. The van der Waals surface area contributed by atoms with E-state index in [9.17, 15) is 10.4 Å². The van der Waals surface area contributed by atoms with Crippen molar-refractivity contribution in [1.29, 1.82) is 5.26 Å². The third-order valence-corrected chi connectivity index (χ3v) is 4.76. The van der Waals surface area contributed by atoms with E-state index in [4.69, 9.17) is 40.5 Å². The van der Waals surface area contributed by atoms with Crippen LogP contribution >= 0.6 is 34.8 Å². The van der Waals surface area contributed by atoms with Crippen LogP contribution in [-0.4, -0.2) is 5.11 Å². The Kier molecular flexibility index (Phi) is 6.39. The van der Waals surface area contributed by atoms with Crippen LogP contribution in [0, 0.1) is 11.3 Å². The van der Waals surface area contributed by atoms with Crippen molar-refractivity contribution in [2.75, 3.05) is 0 Å². The number of hydrogen-bond donors (Lipinski definition) is 2. The molecule has 0 saturated carbocycles. The number of aromatic hydroxyl groups is 1. The molecule has 2 rings (SSSR count). The Morgan fingerprint density at radius 3 is 2.23 bits per heavy atom. The molecule has 2 aromatic carbocycles. The lowest BCUT2D eigenvalue weighted by Crippen LogP contribution is -2.01. The molecule has 0 aliphatic heterocycles. The van der Waals surface area contributed by atoms with Gasteiger partial charge in [0.2, 0.25) is 0 Å². The summed E-state index contributed by atoms with van der Waals surface area (Å²) in [4.78, 5) is 0. The van der Waals surface area contributed by atoms with Crippen LogP contribution in [0.5, 0.6) is 5.75 Å². The van der Waals surface area contributed by atoms with E-state index in [0.29, 0.717) is 32.5 Å². The lowest BCUT2D eigenvalue weighted by atomic mass is 9.93. The number of phenols is 1. The van der Waals surface area contributed by atoms with Gasteiger partial charge in [-0.05, 0) is 48.4 Å². The minimum absolute atomic E-state index is 0.141. The van der Waals surface area contributed by atoms with E-state index >= 15 is 0 Å². The molecule has 0 bridgehead atoms. The topological polar surface area (TPSA) is 70.0 Å². The molecule has 0 atom stereocenters. The zero-order chi connectivity index (χ0) is 19.4. The van der Waals surface area contributed by atoms with Crippen molar-refractivity contribution in [3.8, 4) is 11.8 Å². The average Bonchev–Trinajstić information content (AvgIpc) is 2.59. The molecule has 0 aliphatic carbocycles. The molecule has 0 spiro atoms. The van der Waals surface area contributed by atoms with Crippen molar-refractivity contribution < 1.29 is 5.11 Å². The second-order valence-electron chi connectivity index (χ2n) is 5.52. The Morgan fingerprint density at radius 2 is 1.69 bits per heavy atom. The van der Waals surface area contributed by atoms with Gasteiger partial charge in [0, 0.05) is 16.8 Å². The van der Waals surface area contributed by atoms with Crippen LogP contribution in [0.3, 0.4) is 0 Å². The van der Waals surface area contributed by atoms with Crippen molar-refractivity contribution in [3.63, 3.8) is 0 Å². The second kappa shape index (κ2) is 8.33. The molecule has 2 aromatic rings. The Labute approximate surface area is 167 Å². The minimum atomic E-state index is 0.141. The van der Waals surface area contributed by atoms with Crippen LogP contribution in [0.4, 0.5) is 0 Å². The van der Waals surface area contributed by atoms with Crippen molar-refractivity contribution in [2.45, 2.75) is 6.92 Å². The van der Waals surface area contributed by atoms with Crippen LogP contribution in [0.2, 0.25) is 15.1 Å². The quantitative estimate of drug-likeness (QED) is 0.361. The van der Waals surface area contributed by atoms with Crippen LogP contribution in [0.1, 0.15) is 18.1 Å². The smallest absolute Gasteiger partial charge is 0.115 e. The van der Waals surface area contributed by atoms with Gasteiger partial charge in [0.05, 0.1) is 20.6 Å². The van der Waals surface area contributed by atoms with E-state index in [1.807, 2.05) is 0 Å². The predicted octanol–water partition coefficient (Wildman–Crippen LogP) is 6.21. The molecule has 0 fully saturated rings.